The molecule has 23 heavy (non-hydrogen) atoms. The van der Waals surface area contributed by atoms with E-state index in [-0.39, 0.29) is 24.2 Å². The minimum atomic E-state index is -0.372. The van der Waals surface area contributed by atoms with Crippen molar-refractivity contribution in [1.82, 2.24) is 15.1 Å². The van der Waals surface area contributed by atoms with Gasteiger partial charge in [0.2, 0.25) is 16.9 Å². The summed E-state index contributed by atoms with van der Waals surface area (Å²) in [5, 5.41) is 11.2. The van der Waals surface area contributed by atoms with Gasteiger partial charge >= 0.3 is 0 Å². The summed E-state index contributed by atoms with van der Waals surface area (Å²) < 4.78 is 6.07. The molecule has 0 saturated carbocycles. The van der Waals surface area contributed by atoms with Crippen LogP contribution in [0, 0.1) is 5.92 Å². The summed E-state index contributed by atoms with van der Waals surface area (Å²) >= 11 is 2.92. The average Bonchev–Trinajstić information content (AvgIpc) is 3.24. The lowest BCUT2D eigenvalue weighted by molar-refractivity contribution is -0.128. The van der Waals surface area contributed by atoms with Gasteiger partial charge in [0.25, 0.3) is 0 Å². The van der Waals surface area contributed by atoms with Gasteiger partial charge in [-0.25, -0.2) is 0 Å². The number of nitrogens with one attached hydrogen (secondary N) is 1. The summed E-state index contributed by atoms with van der Waals surface area (Å²) in [4.78, 5) is 26.0. The second kappa shape index (κ2) is 7.14. The summed E-state index contributed by atoms with van der Waals surface area (Å²) in [6.07, 6.45) is 1.78. The number of carbonyl (C=O) groups is 2. The minimum Gasteiger partial charge on any atom is -0.467 e. The van der Waals surface area contributed by atoms with E-state index in [0.717, 1.165) is 10.1 Å². The molecular weight excluding hydrogens is 336 g/mol. The summed E-state index contributed by atoms with van der Waals surface area (Å²) in [6.45, 7) is 2.81. The van der Waals surface area contributed by atoms with E-state index >= 15 is 0 Å². The molecule has 9 heteroatoms. The van der Waals surface area contributed by atoms with E-state index in [0.29, 0.717) is 24.0 Å². The fourth-order valence-electron chi connectivity index (χ4n) is 2.34. The first-order chi connectivity index (χ1) is 11.2. The number of nitrogens with zero attached hydrogens (tertiary/aromatic N) is 3. The molecule has 2 amide bonds. The predicted octanol–water partition coefficient (Wildman–Crippen LogP) is 2.23. The molecule has 3 rings (SSSR count). The van der Waals surface area contributed by atoms with E-state index < -0.39 is 0 Å². The lowest BCUT2D eigenvalue weighted by atomic mass is 10.1. The first-order valence-corrected chi connectivity index (χ1v) is 9.03. The Morgan fingerprint density at radius 3 is 3.17 bits per heavy atom. The zero-order valence-electron chi connectivity index (χ0n) is 12.5. The Bertz CT molecular complexity index is 686. The highest BCUT2D eigenvalue weighted by molar-refractivity contribution is 8.01. The molecule has 0 unspecified atom stereocenters. The van der Waals surface area contributed by atoms with Gasteiger partial charge in [-0.15, -0.1) is 10.2 Å². The van der Waals surface area contributed by atoms with Crippen LogP contribution in [0.25, 0.3) is 0 Å². The lowest BCUT2D eigenvalue weighted by Gasteiger charge is -2.14. The fourth-order valence-corrected chi connectivity index (χ4v) is 3.99. The lowest BCUT2D eigenvalue weighted by Crippen LogP contribution is -2.27. The first-order valence-electron chi connectivity index (χ1n) is 7.23. The van der Waals surface area contributed by atoms with Gasteiger partial charge < -0.3 is 14.6 Å². The van der Waals surface area contributed by atoms with Crippen LogP contribution in [0.1, 0.15) is 19.1 Å². The minimum absolute atomic E-state index is 0.0407. The van der Waals surface area contributed by atoms with Crippen LogP contribution in [0.3, 0.4) is 0 Å². The number of thioether (sulfide) groups is 1. The molecule has 0 radical (unpaired) electrons. The quantitative estimate of drug-likeness (QED) is 0.633. The maximum Gasteiger partial charge on any atom is 0.231 e. The SMILES string of the molecule is CCSc1nnc(NC(=O)[C@H]2CC(=O)N(Cc3ccco3)C2)s1. The van der Waals surface area contributed by atoms with Crippen molar-refractivity contribution in [3.05, 3.63) is 24.2 Å². The smallest absolute Gasteiger partial charge is 0.231 e. The maximum atomic E-state index is 12.3. The number of likely N-dealkylation sites (tertiary alicyclic amines) is 1. The molecule has 0 aliphatic carbocycles. The molecular formula is C14H16N4O3S2. The molecule has 3 heterocycles. The third kappa shape index (κ3) is 3.91. The number of hydrogen-bond donors (Lipinski definition) is 1. The van der Waals surface area contributed by atoms with Gasteiger partial charge in [-0.1, -0.05) is 30.0 Å². The van der Waals surface area contributed by atoms with E-state index in [4.69, 9.17) is 4.42 Å². The van der Waals surface area contributed by atoms with E-state index in [1.165, 1.54) is 11.3 Å². The topological polar surface area (TPSA) is 88.3 Å². The van der Waals surface area contributed by atoms with Crippen molar-refractivity contribution in [3.63, 3.8) is 0 Å². The number of hydrogen-bond acceptors (Lipinski definition) is 7. The largest absolute Gasteiger partial charge is 0.467 e. The van der Waals surface area contributed by atoms with E-state index in [1.54, 1.807) is 29.0 Å². The number of anilines is 1. The number of carbonyl (C=O) groups excluding carboxylic acids is 2. The summed E-state index contributed by atoms with van der Waals surface area (Å²) in [7, 11) is 0. The van der Waals surface area contributed by atoms with Crippen LogP contribution in [-0.2, 0) is 16.1 Å². The molecule has 1 N–H and O–H groups in total. The van der Waals surface area contributed by atoms with Crippen LogP contribution in [-0.4, -0.2) is 39.2 Å². The van der Waals surface area contributed by atoms with Gasteiger partial charge in [-0.3, -0.25) is 9.59 Å². The van der Waals surface area contributed by atoms with Crippen molar-refractivity contribution in [1.29, 1.82) is 0 Å². The van der Waals surface area contributed by atoms with E-state index in [1.807, 2.05) is 13.0 Å². The van der Waals surface area contributed by atoms with Crippen LogP contribution >= 0.6 is 23.1 Å². The van der Waals surface area contributed by atoms with Crippen LogP contribution < -0.4 is 5.32 Å². The van der Waals surface area contributed by atoms with Crippen molar-refractivity contribution < 1.29 is 14.0 Å². The van der Waals surface area contributed by atoms with E-state index in [2.05, 4.69) is 15.5 Å². The maximum absolute atomic E-state index is 12.3. The van der Waals surface area contributed by atoms with Crippen molar-refractivity contribution in [2.24, 2.45) is 5.92 Å². The van der Waals surface area contributed by atoms with Crippen LogP contribution in [0.15, 0.2) is 27.2 Å². The van der Waals surface area contributed by atoms with Gasteiger partial charge in [-0.2, -0.15) is 0 Å². The molecule has 1 aliphatic rings. The standard InChI is InChI=1S/C14H16N4O3S2/c1-2-22-14-17-16-13(23-14)15-12(20)9-6-11(19)18(7-9)8-10-4-3-5-21-10/h3-5,9H,2,6-8H2,1H3,(H,15,16,20)/t9-/m0/s1. The van der Waals surface area contributed by atoms with Crippen molar-refractivity contribution in [2.45, 2.75) is 24.2 Å². The summed E-state index contributed by atoms with van der Waals surface area (Å²) in [6, 6.07) is 3.59. The molecule has 1 aliphatic heterocycles. The Balaban J connectivity index is 1.56. The van der Waals surface area contributed by atoms with Crippen LogP contribution in [0.5, 0.6) is 0 Å². The van der Waals surface area contributed by atoms with E-state index in [9.17, 15) is 9.59 Å². The van der Waals surface area contributed by atoms with Gasteiger partial charge in [0.05, 0.1) is 18.7 Å². The predicted molar refractivity (Wildman–Crippen MR) is 87.2 cm³/mol. The van der Waals surface area contributed by atoms with Crippen LogP contribution in [0.2, 0.25) is 0 Å². The molecule has 0 bridgehead atoms. The van der Waals surface area contributed by atoms with Crippen LogP contribution in [0.4, 0.5) is 5.13 Å². The Morgan fingerprint density at radius 2 is 2.43 bits per heavy atom. The molecule has 122 valence electrons. The zero-order chi connectivity index (χ0) is 16.2. The highest BCUT2D eigenvalue weighted by atomic mass is 32.2. The second-order valence-electron chi connectivity index (χ2n) is 5.05. The van der Waals surface area contributed by atoms with Crippen molar-refractivity contribution in [2.75, 3.05) is 17.6 Å². The highest BCUT2D eigenvalue weighted by Gasteiger charge is 2.35. The summed E-state index contributed by atoms with van der Waals surface area (Å²) in [5.74, 6) is 1.01. The fraction of sp³-hybridized carbons (Fsp3) is 0.429. The molecule has 1 fully saturated rings. The highest BCUT2D eigenvalue weighted by Crippen LogP contribution is 2.27. The van der Waals surface area contributed by atoms with Gasteiger partial charge in [0.1, 0.15) is 5.76 Å². The summed E-state index contributed by atoms with van der Waals surface area (Å²) in [5.41, 5.74) is 0. The number of amides is 2. The molecule has 2 aromatic rings. The Kier molecular flexibility index (Phi) is 4.97. The third-order valence-corrected chi connectivity index (χ3v) is 5.27. The number of rotatable bonds is 6. The Hall–Kier alpha value is -1.87. The van der Waals surface area contributed by atoms with Crippen molar-refractivity contribution in [3.8, 4) is 0 Å². The molecule has 1 saturated heterocycles. The first kappa shape index (κ1) is 16.0. The Morgan fingerprint density at radius 1 is 1.57 bits per heavy atom. The van der Waals surface area contributed by atoms with Gasteiger partial charge in [0, 0.05) is 13.0 Å². The molecule has 7 nitrogen and oxygen atoms in total. The molecule has 2 aromatic heterocycles. The number of aromatic nitrogens is 2. The average molecular weight is 352 g/mol. The number of furan rings is 1. The molecule has 0 aromatic carbocycles. The molecule has 0 spiro atoms. The van der Waals surface area contributed by atoms with Gasteiger partial charge in [0.15, 0.2) is 4.34 Å². The molecule has 1 atom stereocenters. The Labute approximate surface area is 141 Å². The van der Waals surface area contributed by atoms with Crippen molar-refractivity contribution >= 4 is 40.0 Å². The normalized spacial score (nSPS) is 17.7. The second-order valence-corrected chi connectivity index (χ2v) is 7.54. The monoisotopic (exact) mass is 352 g/mol. The zero-order valence-corrected chi connectivity index (χ0v) is 14.2. The van der Waals surface area contributed by atoms with Gasteiger partial charge in [-0.05, 0) is 17.9 Å². The third-order valence-electron chi connectivity index (χ3n) is 3.42.